The third-order valence-corrected chi connectivity index (χ3v) is 3.72. The molecule has 2 rings (SSSR count). The Kier molecular flexibility index (Phi) is 5.51. The fraction of sp³-hybridized carbons (Fsp3) is 0.467. The van der Waals surface area contributed by atoms with Crippen molar-refractivity contribution >= 4 is 23.3 Å². The summed E-state index contributed by atoms with van der Waals surface area (Å²) < 4.78 is 4.81. The zero-order valence-electron chi connectivity index (χ0n) is 12.9. The lowest BCUT2D eigenvalue weighted by molar-refractivity contribution is -0.384. The summed E-state index contributed by atoms with van der Waals surface area (Å²) in [6, 6.07) is 4.26. The lowest BCUT2D eigenvalue weighted by Crippen LogP contribution is -2.30. The van der Waals surface area contributed by atoms with Gasteiger partial charge in [-0.05, 0) is 31.4 Å². The van der Waals surface area contributed by atoms with Crippen LogP contribution in [0.5, 0.6) is 0 Å². The van der Waals surface area contributed by atoms with Gasteiger partial charge in [0.25, 0.3) is 11.6 Å². The highest BCUT2D eigenvalue weighted by molar-refractivity contribution is 5.93. The topological polar surface area (TPSA) is 102 Å². The number of nitrogens with zero attached hydrogens (tertiary/aromatic N) is 2. The number of amides is 1. The van der Waals surface area contributed by atoms with Crippen LogP contribution in [0.15, 0.2) is 18.2 Å². The highest BCUT2D eigenvalue weighted by atomic mass is 16.6. The summed E-state index contributed by atoms with van der Waals surface area (Å²) in [5.74, 6) is -1.21. The van der Waals surface area contributed by atoms with Crippen LogP contribution in [0.25, 0.3) is 0 Å². The maximum atomic E-state index is 11.9. The van der Waals surface area contributed by atoms with E-state index in [1.165, 1.54) is 19.2 Å². The fourth-order valence-corrected chi connectivity index (χ4v) is 2.49. The molecule has 8 heteroatoms. The molecule has 0 atom stereocenters. The molecule has 124 valence electrons. The zero-order chi connectivity index (χ0) is 16.8. The second-order valence-electron chi connectivity index (χ2n) is 5.26. The highest BCUT2D eigenvalue weighted by Gasteiger charge is 2.23. The molecule has 23 heavy (non-hydrogen) atoms. The number of nitro groups is 1. The third kappa shape index (κ3) is 4.18. The molecule has 0 saturated carbocycles. The molecule has 1 aliphatic heterocycles. The van der Waals surface area contributed by atoms with E-state index in [1.807, 2.05) is 4.90 Å². The molecule has 1 amide bonds. The standard InChI is InChI=1S/C15H19N3O5/c1-16-14(19)10-23-15(20)11-5-6-12(13(9-11)18(21)22)17-7-3-2-4-8-17/h5-6,9H,2-4,7-8,10H2,1H3,(H,16,19). The van der Waals surface area contributed by atoms with E-state index in [9.17, 15) is 19.7 Å². The van der Waals surface area contributed by atoms with Crippen LogP contribution in [0.1, 0.15) is 29.6 Å². The predicted molar refractivity (Wildman–Crippen MR) is 83.5 cm³/mol. The molecule has 1 fully saturated rings. The molecular formula is C15H19N3O5. The van der Waals surface area contributed by atoms with Crippen LogP contribution in [0.2, 0.25) is 0 Å². The average Bonchev–Trinajstić information content (AvgIpc) is 2.59. The van der Waals surface area contributed by atoms with E-state index in [4.69, 9.17) is 4.74 Å². The predicted octanol–water partition coefficient (Wildman–Crippen LogP) is 1.49. The van der Waals surface area contributed by atoms with Gasteiger partial charge in [0.1, 0.15) is 5.69 Å². The first-order valence-electron chi connectivity index (χ1n) is 7.44. The molecule has 1 aromatic carbocycles. The third-order valence-electron chi connectivity index (χ3n) is 3.72. The van der Waals surface area contributed by atoms with Gasteiger partial charge in [-0.2, -0.15) is 0 Å². The van der Waals surface area contributed by atoms with Gasteiger partial charge in [-0.3, -0.25) is 14.9 Å². The number of carbonyl (C=O) groups is 2. The number of rotatable bonds is 5. The first-order valence-corrected chi connectivity index (χ1v) is 7.44. The number of ether oxygens (including phenoxy) is 1. The molecular weight excluding hydrogens is 302 g/mol. The summed E-state index contributed by atoms with van der Waals surface area (Å²) in [5.41, 5.74) is 0.445. The minimum absolute atomic E-state index is 0.0568. The SMILES string of the molecule is CNC(=O)COC(=O)c1ccc(N2CCCCC2)c([N+](=O)[O-])c1. The van der Waals surface area contributed by atoms with E-state index in [2.05, 4.69) is 5.32 Å². The number of hydrogen-bond donors (Lipinski definition) is 1. The van der Waals surface area contributed by atoms with Crippen molar-refractivity contribution in [1.29, 1.82) is 0 Å². The van der Waals surface area contributed by atoms with Crippen molar-refractivity contribution in [3.05, 3.63) is 33.9 Å². The van der Waals surface area contributed by atoms with E-state index < -0.39 is 23.4 Å². The van der Waals surface area contributed by atoms with Crippen molar-refractivity contribution in [3.63, 3.8) is 0 Å². The number of nitrogens with one attached hydrogen (secondary N) is 1. The van der Waals surface area contributed by atoms with Gasteiger partial charge in [0.15, 0.2) is 6.61 Å². The number of hydrogen-bond acceptors (Lipinski definition) is 6. The summed E-state index contributed by atoms with van der Waals surface area (Å²) in [4.78, 5) is 35.7. The monoisotopic (exact) mass is 321 g/mol. The summed E-state index contributed by atoms with van der Waals surface area (Å²) in [7, 11) is 1.43. The molecule has 1 N–H and O–H groups in total. The maximum absolute atomic E-state index is 11.9. The lowest BCUT2D eigenvalue weighted by atomic mass is 10.1. The summed E-state index contributed by atoms with van der Waals surface area (Å²) in [5, 5.41) is 13.6. The molecule has 1 saturated heterocycles. The number of piperidine rings is 1. The highest BCUT2D eigenvalue weighted by Crippen LogP contribution is 2.31. The number of anilines is 1. The van der Waals surface area contributed by atoms with Crippen LogP contribution in [0.3, 0.4) is 0 Å². The maximum Gasteiger partial charge on any atom is 0.338 e. The van der Waals surface area contributed by atoms with Crippen molar-refractivity contribution in [1.82, 2.24) is 5.32 Å². The van der Waals surface area contributed by atoms with Crippen molar-refractivity contribution in [2.45, 2.75) is 19.3 Å². The van der Waals surface area contributed by atoms with Crippen molar-refractivity contribution in [3.8, 4) is 0 Å². The number of likely N-dealkylation sites (N-methyl/N-ethyl adjacent to an activating group) is 1. The first kappa shape index (κ1) is 16.7. The quantitative estimate of drug-likeness (QED) is 0.501. The fourth-order valence-electron chi connectivity index (χ4n) is 2.49. The second kappa shape index (κ2) is 7.57. The molecule has 1 aliphatic rings. The Bertz CT molecular complexity index is 611. The zero-order valence-corrected chi connectivity index (χ0v) is 12.9. The average molecular weight is 321 g/mol. The molecule has 0 aromatic heterocycles. The minimum Gasteiger partial charge on any atom is -0.452 e. The van der Waals surface area contributed by atoms with Crippen LogP contribution in [-0.2, 0) is 9.53 Å². The van der Waals surface area contributed by atoms with Crippen molar-refractivity contribution in [2.24, 2.45) is 0 Å². The Morgan fingerprint density at radius 3 is 2.61 bits per heavy atom. The smallest absolute Gasteiger partial charge is 0.338 e. The van der Waals surface area contributed by atoms with Gasteiger partial charge >= 0.3 is 5.97 Å². The molecule has 0 unspecified atom stereocenters. The van der Waals surface area contributed by atoms with Gasteiger partial charge < -0.3 is 15.0 Å². The van der Waals surface area contributed by atoms with E-state index >= 15 is 0 Å². The summed E-state index contributed by atoms with van der Waals surface area (Å²) >= 11 is 0. The summed E-state index contributed by atoms with van der Waals surface area (Å²) in [6.45, 7) is 1.11. The molecule has 0 aliphatic carbocycles. The van der Waals surface area contributed by atoms with Crippen LogP contribution in [-0.4, -0.2) is 43.5 Å². The first-order chi connectivity index (χ1) is 11.0. The Labute approximate surface area is 133 Å². The largest absolute Gasteiger partial charge is 0.452 e. The molecule has 1 aromatic rings. The molecule has 1 heterocycles. The van der Waals surface area contributed by atoms with Gasteiger partial charge in [-0.1, -0.05) is 0 Å². The minimum atomic E-state index is -0.762. The lowest BCUT2D eigenvalue weighted by Gasteiger charge is -2.28. The van der Waals surface area contributed by atoms with E-state index in [-0.39, 0.29) is 11.3 Å². The van der Waals surface area contributed by atoms with Gasteiger partial charge in [0.05, 0.1) is 10.5 Å². The van der Waals surface area contributed by atoms with Gasteiger partial charge in [-0.15, -0.1) is 0 Å². The van der Waals surface area contributed by atoms with Crippen LogP contribution < -0.4 is 10.2 Å². The van der Waals surface area contributed by atoms with Crippen molar-refractivity contribution < 1.29 is 19.2 Å². The normalized spacial score (nSPS) is 14.2. The van der Waals surface area contributed by atoms with E-state index in [0.29, 0.717) is 5.69 Å². The Morgan fingerprint density at radius 2 is 2.00 bits per heavy atom. The molecule has 0 radical (unpaired) electrons. The molecule has 8 nitrogen and oxygen atoms in total. The van der Waals surface area contributed by atoms with E-state index in [1.54, 1.807) is 6.07 Å². The Hall–Kier alpha value is -2.64. The van der Waals surface area contributed by atoms with Gasteiger partial charge in [0, 0.05) is 26.2 Å². The van der Waals surface area contributed by atoms with Crippen LogP contribution in [0, 0.1) is 10.1 Å². The number of carbonyl (C=O) groups excluding carboxylic acids is 2. The van der Waals surface area contributed by atoms with Crippen LogP contribution in [0.4, 0.5) is 11.4 Å². The Balaban J connectivity index is 2.19. The van der Waals surface area contributed by atoms with Crippen LogP contribution >= 0.6 is 0 Å². The summed E-state index contributed by atoms with van der Waals surface area (Å²) in [6.07, 6.45) is 3.11. The van der Waals surface area contributed by atoms with Gasteiger partial charge in [-0.25, -0.2) is 4.79 Å². The molecule has 0 bridgehead atoms. The van der Waals surface area contributed by atoms with Crippen molar-refractivity contribution in [2.75, 3.05) is 31.6 Å². The number of esters is 1. The number of benzene rings is 1. The second-order valence-corrected chi connectivity index (χ2v) is 5.26. The molecule has 0 spiro atoms. The Morgan fingerprint density at radius 1 is 1.30 bits per heavy atom. The number of nitro benzene ring substituents is 1. The van der Waals surface area contributed by atoms with Gasteiger partial charge in [0.2, 0.25) is 0 Å². The van der Waals surface area contributed by atoms with E-state index in [0.717, 1.165) is 32.4 Å².